The first-order valence-electron chi connectivity index (χ1n) is 9.99. The van der Waals surface area contributed by atoms with Crippen molar-refractivity contribution in [1.82, 2.24) is 9.46 Å². The number of hydrogen-bond donors (Lipinski definition) is 1. The van der Waals surface area contributed by atoms with E-state index in [-0.39, 0.29) is 35.0 Å². The SMILES string of the molecule is Cc1ccc(S(=O)(=O)N2CCOCC2)cc1NC(=O)c1c(-c2ccc(F)cc2)noc1C. The third-order valence-electron chi connectivity index (χ3n) is 5.27. The first kappa shape index (κ1) is 22.1. The summed E-state index contributed by atoms with van der Waals surface area (Å²) in [5, 5.41) is 6.72. The second-order valence-electron chi connectivity index (χ2n) is 7.42. The highest BCUT2D eigenvalue weighted by atomic mass is 32.2. The number of hydrogen-bond acceptors (Lipinski definition) is 6. The van der Waals surface area contributed by atoms with Crippen molar-refractivity contribution in [2.45, 2.75) is 18.7 Å². The first-order chi connectivity index (χ1) is 15.3. The molecule has 1 fully saturated rings. The molecule has 0 unspecified atom stereocenters. The summed E-state index contributed by atoms with van der Waals surface area (Å²) in [6, 6.07) is 10.2. The number of halogens is 1. The van der Waals surface area contributed by atoms with Crippen molar-refractivity contribution in [3.63, 3.8) is 0 Å². The van der Waals surface area contributed by atoms with Crippen molar-refractivity contribution in [1.29, 1.82) is 0 Å². The van der Waals surface area contributed by atoms with Crippen molar-refractivity contribution < 1.29 is 26.9 Å². The summed E-state index contributed by atoms with van der Waals surface area (Å²) in [5.41, 5.74) is 2.03. The van der Waals surface area contributed by atoms with Crippen LogP contribution in [0.4, 0.5) is 10.1 Å². The van der Waals surface area contributed by atoms with Gasteiger partial charge in [0.1, 0.15) is 22.8 Å². The molecule has 1 aliphatic rings. The molecule has 32 heavy (non-hydrogen) atoms. The highest BCUT2D eigenvalue weighted by molar-refractivity contribution is 7.89. The van der Waals surface area contributed by atoms with Crippen LogP contribution in [0.3, 0.4) is 0 Å². The molecule has 1 amide bonds. The summed E-state index contributed by atoms with van der Waals surface area (Å²) in [5.74, 6) is -0.627. The fourth-order valence-corrected chi connectivity index (χ4v) is 4.90. The number of benzene rings is 2. The molecule has 4 rings (SSSR count). The molecule has 0 bridgehead atoms. The summed E-state index contributed by atoms with van der Waals surface area (Å²) in [6.45, 7) is 4.60. The number of aromatic nitrogens is 1. The molecule has 168 valence electrons. The first-order valence-corrected chi connectivity index (χ1v) is 11.4. The molecule has 0 spiro atoms. The minimum absolute atomic E-state index is 0.0844. The zero-order valence-corrected chi connectivity index (χ0v) is 18.4. The van der Waals surface area contributed by atoms with Crippen LogP contribution in [0.25, 0.3) is 11.3 Å². The predicted molar refractivity (Wildman–Crippen MR) is 115 cm³/mol. The maximum atomic E-state index is 13.3. The summed E-state index contributed by atoms with van der Waals surface area (Å²) >= 11 is 0. The number of carbonyl (C=O) groups is 1. The van der Waals surface area contributed by atoms with Gasteiger partial charge in [0.05, 0.1) is 18.1 Å². The van der Waals surface area contributed by atoms with Gasteiger partial charge < -0.3 is 14.6 Å². The van der Waals surface area contributed by atoms with Gasteiger partial charge in [-0.05, 0) is 55.8 Å². The molecule has 3 aromatic rings. The van der Waals surface area contributed by atoms with E-state index in [1.54, 1.807) is 19.9 Å². The molecule has 1 N–H and O–H groups in total. The van der Waals surface area contributed by atoms with Gasteiger partial charge >= 0.3 is 0 Å². The topological polar surface area (TPSA) is 102 Å². The number of ether oxygens (including phenoxy) is 1. The monoisotopic (exact) mass is 459 g/mol. The summed E-state index contributed by atoms with van der Waals surface area (Å²) in [7, 11) is -3.72. The molecule has 10 heteroatoms. The predicted octanol–water partition coefficient (Wildman–Crippen LogP) is 3.37. The van der Waals surface area contributed by atoms with Gasteiger partial charge in [-0.1, -0.05) is 11.2 Å². The number of morpholine rings is 1. The van der Waals surface area contributed by atoms with E-state index in [0.29, 0.717) is 30.0 Å². The maximum Gasteiger partial charge on any atom is 0.261 e. The van der Waals surface area contributed by atoms with Gasteiger partial charge in [0.15, 0.2) is 0 Å². The quantitative estimate of drug-likeness (QED) is 0.628. The molecule has 1 aliphatic heterocycles. The van der Waals surface area contributed by atoms with Crippen LogP contribution in [0.2, 0.25) is 0 Å². The number of aryl methyl sites for hydroxylation is 2. The van der Waals surface area contributed by atoms with Gasteiger partial charge in [-0.25, -0.2) is 12.8 Å². The molecule has 2 heterocycles. The molecule has 0 saturated carbocycles. The van der Waals surface area contributed by atoms with Crippen molar-refractivity contribution in [3.8, 4) is 11.3 Å². The van der Waals surface area contributed by atoms with Crippen LogP contribution in [0.5, 0.6) is 0 Å². The fourth-order valence-electron chi connectivity index (χ4n) is 3.46. The van der Waals surface area contributed by atoms with Crippen LogP contribution >= 0.6 is 0 Å². The second kappa shape index (κ2) is 8.81. The second-order valence-corrected chi connectivity index (χ2v) is 9.35. The number of carbonyl (C=O) groups excluding carboxylic acids is 1. The van der Waals surface area contributed by atoms with E-state index in [9.17, 15) is 17.6 Å². The number of nitrogens with zero attached hydrogens (tertiary/aromatic N) is 2. The van der Waals surface area contributed by atoms with Crippen molar-refractivity contribution in [3.05, 3.63) is 65.2 Å². The zero-order valence-electron chi connectivity index (χ0n) is 17.6. The van der Waals surface area contributed by atoms with Crippen LogP contribution in [0, 0.1) is 19.7 Å². The van der Waals surface area contributed by atoms with E-state index >= 15 is 0 Å². The molecule has 1 saturated heterocycles. The minimum Gasteiger partial charge on any atom is -0.379 e. The van der Waals surface area contributed by atoms with Crippen LogP contribution in [-0.4, -0.2) is 50.1 Å². The Morgan fingerprint density at radius 2 is 1.78 bits per heavy atom. The standard InChI is InChI=1S/C22H22FN3O5S/c1-14-3-8-18(32(28,29)26-9-11-30-12-10-26)13-19(14)24-22(27)20-15(2)31-25-21(20)16-4-6-17(23)7-5-16/h3-8,13H,9-12H2,1-2H3,(H,24,27). The van der Waals surface area contributed by atoms with Crippen molar-refractivity contribution in [2.24, 2.45) is 0 Å². The summed E-state index contributed by atoms with van der Waals surface area (Å²) < 4.78 is 51.1. The van der Waals surface area contributed by atoms with Crippen molar-refractivity contribution >= 4 is 21.6 Å². The van der Waals surface area contributed by atoms with Crippen LogP contribution in [0.1, 0.15) is 21.7 Å². The molecular weight excluding hydrogens is 437 g/mol. The Morgan fingerprint density at radius 1 is 1.09 bits per heavy atom. The highest BCUT2D eigenvalue weighted by Crippen LogP contribution is 2.28. The van der Waals surface area contributed by atoms with E-state index in [4.69, 9.17) is 9.26 Å². The minimum atomic E-state index is -3.72. The van der Waals surface area contributed by atoms with E-state index in [2.05, 4.69) is 10.5 Å². The molecule has 0 atom stereocenters. The van der Waals surface area contributed by atoms with Crippen molar-refractivity contribution in [2.75, 3.05) is 31.6 Å². The lowest BCUT2D eigenvalue weighted by molar-refractivity contribution is 0.0730. The molecular formula is C22H22FN3O5S. The van der Waals surface area contributed by atoms with Gasteiger partial charge in [0.2, 0.25) is 10.0 Å². The number of amides is 1. The summed E-state index contributed by atoms with van der Waals surface area (Å²) in [4.78, 5) is 13.2. The smallest absolute Gasteiger partial charge is 0.261 e. The molecule has 1 aromatic heterocycles. The zero-order chi connectivity index (χ0) is 22.9. The van der Waals surface area contributed by atoms with Gasteiger partial charge in [-0.2, -0.15) is 4.31 Å². The number of anilines is 1. The van der Waals surface area contributed by atoms with Crippen LogP contribution in [-0.2, 0) is 14.8 Å². The third-order valence-corrected chi connectivity index (χ3v) is 7.17. The van der Waals surface area contributed by atoms with E-state index < -0.39 is 21.7 Å². The molecule has 2 aromatic carbocycles. The number of rotatable bonds is 5. The Bertz CT molecular complexity index is 1250. The average Bonchev–Trinajstić information content (AvgIpc) is 3.17. The number of sulfonamides is 1. The van der Waals surface area contributed by atoms with Crippen LogP contribution in [0.15, 0.2) is 51.9 Å². The normalized spacial score (nSPS) is 15.0. The lowest BCUT2D eigenvalue weighted by atomic mass is 10.1. The molecule has 8 nitrogen and oxygen atoms in total. The highest BCUT2D eigenvalue weighted by Gasteiger charge is 2.27. The summed E-state index contributed by atoms with van der Waals surface area (Å²) in [6.07, 6.45) is 0. The molecule has 0 radical (unpaired) electrons. The Labute approximate surface area is 185 Å². The Balaban J connectivity index is 1.64. The van der Waals surface area contributed by atoms with Gasteiger partial charge in [-0.15, -0.1) is 0 Å². The van der Waals surface area contributed by atoms with E-state index in [0.717, 1.165) is 0 Å². The van der Waals surface area contributed by atoms with Crippen LogP contribution < -0.4 is 5.32 Å². The Kier molecular flexibility index (Phi) is 6.09. The lowest BCUT2D eigenvalue weighted by Gasteiger charge is -2.26. The van der Waals surface area contributed by atoms with E-state index in [1.807, 2.05) is 0 Å². The average molecular weight is 459 g/mol. The Hall–Kier alpha value is -3.08. The fraction of sp³-hybridized carbons (Fsp3) is 0.273. The largest absolute Gasteiger partial charge is 0.379 e. The maximum absolute atomic E-state index is 13.3. The van der Waals surface area contributed by atoms with E-state index in [1.165, 1.54) is 40.7 Å². The Morgan fingerprint density at radius 3 is 2.47 bits per heavy atom. The van der Waals surface area contributed by atoms with Gasteiger partial charge in [0, 0.05) is 24.3 Å². The third kappa shape index (κ3) is 4.29. The lowest BCUT2D eigenvalue weighted by Crippen LogP contribution is -2.40. The molecule has 0 aliphatic carbocycles. The van der Waals surface area contributed by atoms with Gasteiger partial charge in [-0.3, -0.25) is 4.79 Å². The number of nitrogens with one attached hydrogen (secondary N) is 1. The van der Waals surface area contributed by atoms with Gasteiger partial charge in [0.25, 0.3) is 5.91 Å².